The van der Waals surface area contributed by atoms with E-state index in [1.165, 1.54) is 0 Å². The molecule has 1 N–H and O–H groups in total. The Morgan fingerprint density at radius 3 is 2.22 bits per heavy atom. The Labute approximate surface area is 75.7 Å². The van der Waals surface area contributed by atoms with Gasteiger partial charge in [-0.2, -0.15) is 0 Å². The van der Waals surface area contributed by atoms with Gasteiger partial charge in [0.2, 0.25) is 0 Å². The maximum Gasteiger partial charge on any atom is 1.00 e. The summed E-state index contributed by atoms with van der Waals surface area (Å²) in [6.45, 7) is 1.62. The third-order valence-electron chi connectivity index (χ3n) is 0.799. The van der Waals surface area contributed by atoms with Gasteiger partial charge in [0.25, 0.3) is 0 Å². The van der Waals surface area contributed by atoms with E-state index in [4.69, 9.17) is 5.11 Å². The van der Waals surface area contributed by atoms with Crippen LogP contribution in [0.1, 0.15) is 13.3 Å². The summed E-state index contributed by atoms with van der Waals surface area (Å²) in [5, 5.41) is 17.9. The molecule has 0 spiro atoms. The second-order valence-corrected chi connectivity index (χ2v) is 1.30. The van der Waals surface area contributed by atoms with Crippen LogP contribution in [0.25, 0.3) is 0 Å². The van der Waals surface area contributed by atoms with E-state index in [0.717, 1.165) is 0 Å². The van der Waals surface area contributed by atoms with Crippen molar-refractivity contribution >= 4 is 5.97 Å². The first-order valence-corrected chi connectivity index (χ1v) is 2.27. The van der Waals surface area contributed by atoms with E-state index in [0.29, 0.717) is 12.7 Å². The molecule has 0 heterocycles. The largest absolute Gasteiger partial charge is 1.00 e. The van der Waals surface area contributed by atoms with Gasteiger partial charge in [-0.3, -0.25) is 0 Å². The van der Waals surface area contributed by atoms with Gasteiger partial charge >= 0.3 is 29.6 Å². The number of aliphatic hydroxyl groups excluding tert-OH is 1. The van der Waals surface area contributed by atoms with E-state index in [1.54, 1.807) is 6.92 Å². The average Bonchev–Trinajstić information content (AvgIpc) is 1.69. The molecule has 0 aromatic rings. The SMILES string of the molecule is CC/C(=C/O)C(=O)[O-].[Na+]. The molecule has 0 aliphatic heterocycles. The van der Waals surface area contributed by atoms with Crippen LogP contribution < -0.4 is 34.7 Å². The number of carboxylic acids is 1. The molecule has 9 heavy (non-hydrogen) atoms. The van der Waals surface area contributed by atoms with Crippen molar-refractivity contribution in [3.63, 3.8) is 0 Å². The van der Waals surface area contributed by atoms with Crippen LogP contribution >= 0.6 is 0 Å². The predicted octanol–water partition coefficient (Wildman–Crippen LogP) is -3.41. The Hall–Kier alpha value is 0.0100. The number of carboxylic acid groups (broad SMARTS) is 1. The fraction of sp³-hybridized carbons (Fsp3) is 0.400. The molecule has 0 fully saturated rings. The molecule has 0 bridgehead atoms. The molecule has 0 aromatic carbocycles. The number of carbonyl (C=O) groups is 1. The van der Waals surface area contributed by atoms with Crippen LogP contribution in [0.15, 0.2) is 11.8 Å². The quantitative estimate of drug-likeness (QED) is 0.246. The summed E-state index contributed by atoms with van der Waals surface area (Å²) < 4.78 is 0. The van der Waals surface area contributed by atoms with Crippen LogP contribution in [0.2, 0.25) is 0 Å². The van der Waals surface area contributed by atoms with E-state index in [9.17, 15) is 9.90 Å². The zero-order valence-electron chi connectivity index (χ0n) is 5.55. The van der Waals surface area contributed by atoms with E-state index >= 15 is 0 Å². The first-order valence-electron chi connectivity index (χ1n) is 2.27. The maximum absolute atomic E-state index is 9.82. The Bertz CT molecular complexity index is 119. The van der Waals surface area contributed by atoms with Gasteiger partial charge in [-0.25, -0.2) is 0 Å². The van der Waals surface area contributed by atoms with Gasteiger partial charge in [0.15, 0.2) is 0 Å². The fourth-order valence-electron chi connectivity index (χ4n) is 0.288. The van der Waals surface area contributed by atoms with Crippen molar-refractivity contribution in [1.29, 1.82) is 0 Å². The summed E-state index contributed by atoms with van der Waals surface area (Å²) in [6.07, 6.45) is 0.841. The van der Waals surface area contributed by atoms with Gasteiger partial charge < -0.3 is 15.0 Å². The summed E-state index contributed by atoms with van der Waals surface area (Å²) in [5.41, 5.74) is -0.0787. The van der Waals surface area contributed by atoms with Crippen molar-refractivity contribution in [1.82, 2.24) is 0 Å². The normalized spacial score (nSPS) is 10.1. The number of hydrogen-bond acceptors (Lipinski definition) is 3. The zero-order valence-corrected chi connectivity index (χ0v) is 7.55. The molecule has 3 nitrogen and oxygen atoms in total. The van der Waals surface area contributed by atoms with Crippen LogP contribution in [-0.2, 0) is 4.79 Å². The van der Waals surface area contributed by atoms with Crippen molar-refractivity contribution < 1.29 is 44.6 Å². The Morgan fingerprint density at radius 2 is 2.22 bits per heavy atom. The number of aliphatic carboxylic acids is 1. The van der Waals surface area contributed by atoms with Gasteiger partial charge in [0.05, 0.1) is 12.2 Å². The van der Waals surface area contributed by atoms with E-state index in [-0.39, 0.29) is 35.1 Å². The van der Waals surface area contributed by atoms with Gasteiger partial charge in [-0.1, -0.05) is 6.92 Å². The molecule has 4 heteroatoms. The van der Waals surface area contributed by atoms with Crippen LogP contribution in [0, 0.1) is 0 Å². The Balaban J connectivity index is 0. The first kappa shape index (κ1) is 11.8. The molecule has 0 rings (SSSR count). The predicted molar refractivity (Wildman–Crippen MR) is 26.0 cm³/mol. The number of carbonyl (C=O) groups excluding carboxylic acids is 1. The minimum Gasteiger partial charge on any atom is -0.545 e. The molecule has 0 atom stereocenters. The van der Waals surface area contributed by atoms with E-state index in [2.05, 4.69) is 0 Å². The molecule has 0 saturated heterocycles. The monoisotopic (exact) mass is 138 g/mol. The van der Waals surface area contributed by atoms with Crippen molar-refractivity contribution in [3.05, 3.63) is 11.8 Å². The van der Waals surface area contributed by atoms with Crippen molar-refractivity contribution in [3.8, 4) is 0 Å². The summed E-state index contributed by atoms with van der Waals surface area (Å²) in [4.78, 5) is 9.82. The fourth-order valence-corrected chi connectivity index (χ4v) is 0.288. The van der Waals surface area contributed by atoms with Gasteiger partial charge in [-0.05, 0) is 6.42 Å². The van der Waals surface area contributed by atoms with Crippen molar-refractivity contribution in [2.75, 3.05) is 0 Å². The number of aliphatic hydroxyl groups is 1. The molecule has 0 radical (unpaired) electrons. The molecule has 0 unspecified atom stereocenters. The summed E-state index contributed by atoms with van der Waals surface area (Å²) >= 11 is 0. The van der Waals surface area contributed by atoms with Gasteiger partial charge in [0.1, 0.15) is 0 Å². The topological polar surface area (TPSA) is 60.4 Å². The molecular formula is C5H7NaO3. The average molecular weight is 138 g/mol. The Morgan fingerprint density at radius 1 is 1.78 bits per heavy atom. The molecular weight excluding hydrogens is 131 g/mol. The van der Waals surface area contributed by atoms with E-state index < -0.39 is 5.97 Å². The second kappa shape index (κ2) is 6.13. The summed E-state index contributed by atoms with van der Waals surface area (Å²) in [6, 6.07) is 0. The molecule has 0 amide bonds. The minimum absolute atomic E-state index is 0. The van der Waals surface area contributed by atoms with Crippen LogP contribution in [0.3, 0.4) is 0 Å². The maximum atomic E-state index is 9.82. The molecule has 0 aliphatic rings. The van der Waals surface area contributed by atoms with Crippen LogP contribution in [0.5, 0.6) is 0 Å². The molecule has 0 saturated carbocycles. The second-order valence-electron chi connectivity index (χ2n) is 1.30. The molecule has 46 valence electrons. The van der Waals surface area contributed by atoms with Gasteiger partial charge in [0, 0.05) is 5.57 Å². The third-order valence-corrected chi connectivity index (χ3v) is 0.799. The smallest absolute Gasteiger partial charge is 0.545 e. The summed E-state index contributed by atoms with van der Waals surface area (Å²) in [5.74, 6) is -1.31. The zero-order chi connectivity index (χ0) is 6.57. The van der Waals surface area contributed by atoms with Crippen LogP contribution in [0.4, 0.5) is 0 Å². The number of rotatable bonds is 2. The third kappa shape index (κ3) is 4.51. The summed E-state index contributed by atoms with van der Waals surface area (Å²) in [7, 11) is 0. The first-order chi connectivity index (χ1) is 3.72. The Kier molecular flexibility index (Phi) is 8.02. The molecule has 0 aliphatic carbocycles. The van der Waals surface area contributed by atoms with E-state index in [1.807, 2.05) is 0 Å². The van der Waals surface area contributed by atoms with Crippen molar-refractivity contribution in [2.45, 2.75) is 13.3 Å². The molecule has 0 aromatic heterocycles. The van der Waals surface area contributed by atoms with Crippen LogP contribution in [-0.4, -0.2) is 11.1 Å². The minimum atomic E-state index is -1.31. The van der Waals surface area contributed by atoms with Gasteiger partial charge in [-0.15, -0.1) is 0 Å². The number of hydrogen-bond donors (Lipinski definition) is 1. The van der Waals surface area contributed by atoms with Crippen molar-refractivity contribution in [2.24, 2.45) is 0 Å². The standard InChI is InChI=1S/C5H8O3.Na/c1-2-4(3-6)5(7)8;/h3,6H,2H2,1H3,(H,7,8);/q;+1/p-1/b4-3-;.